The van der Waals surface area contributed by atoms with Gasteiger partial charge in [-0.25, -0.2) is 0 Å². The fourth-order valence-electron chi connectivity index (χ4n) is 4.22. The van der Waals surface area contributed by atoms with Gasteiger partial charge in [0, 0.05) is 30.1 Å². The van der Waals surface area contributed by atoms with E-state index < -0.39 is 0 Å². The first-order valence-corrected chi connectivity index (χ1v) is 10.4. The summed E-state index contributed by atoms with van der Waals surface area (Å²) in [6.45, 7) is 2.23. The first kappa shape index (κ1) is 16.9. The fourth-order valence-corrected chi connectivity index (χ4v) is 5.22. The Morgan fingerprint density at radius 2 is 2.26 bits per heavy atom. The van der Waals surface area contributed by atoms with Gasteiger partial charge in [-0.3, -0.25) is 9.20 Å². The largest absolute Gasteiger partial charge is 0.372 e. The molecule has 5 heterocycles. The van der Waals surface area contributed by atoms with Crippen LogP contribution in [0, 0.1) is 0 Å². The van der Waals surface area contributed by atoms with E-state index in [-0.39, 0.29) is 17.9 Å². The second kappa shape index (κ2) is 7.05. The maximum Gasteiger partial charge on any atom is 0.225 e. The van der Waals surface area contributed by atoms with Crippen LogP contribution in [0.15, 0.2) is 35.8 Å². The molecule has 1 fully saturated rings. The number of aromatic nitrogens is 3. The van der Waals surface area contributed by atoms with Crippen LogP contribution in [-0.4, -0.2) is 45.1 Å². The highest BCUT2D eigenvalue weighted by atomic mass is 32.1. The van der Waals surface area contributed by atoms with Crippen LogP contribution in [0.3, 0.4) is 0 Å². The Morgan fingerprint density at radius 1 is 1.30 bits per heavy atom. The number of piperidine rings is 1. The third-order valence-corrected chi connectivity index (χ3v) is 6.65. The number of hydrogen-bond donors (Lipinski definition) is 0. The van der Waals surface area contributed by atoms with E-state index in [1.807, 2.05) is 33.7 Å². The van der Waals surface area contributed by atoms with Crippen molar-refractivity contribution in [3.05, 3.63) is 52.1 Å². The standard InChI is InChI=1S/C20H22N4O2S/c25-18(12-16-19-14(6-10-26-16)7-11-27-19)23-8-3-4-15(13-23)20-22-21-17-5-1-2-9-24(17)20/h1-2,5,7,9,11,15-16H,3-4,6,8,10,12-13H2/t15-,16+/m0/s1. The van der Waals surface area contributed by atoms with E-state index in [0.29, 0.717) is 19.6 Å². The van der Waals surface area contributed by atoms with Crippen LogP contribution >= 0.6 is 11.3 Å². The SMILES string of the molecule is O=C(C[C@H]1OCCc2ccsc21)N1CCC[C@H](c2nnc3ccccn23)C1. The van der Waals surface area contributed by atoms with Gasteiger partial charge < -0.3 is 9.64 Å². The molecule has 1 saturated heterocycles. The Kier molecular flexibility index (Phi) is 4.41. The molecule has 0 saturated carbocycles. The van der Waals surface area contributed by atoms with Crippen molar-refractivity contribution in [2.45, 2.75) is 37.7 Å². The van der Waals surface area contributed by atoms with E-state index in [1.165, 1.54) is 10.4 Å². The van der Waals surface area contributed by atoms with Crippen LogP contribution in [-0.2, 0) is 16.0 Å². The lowest BCUT2D eigenvalue weighted by molar-refractivity contribution is -0.135. The number of carbonyl (C=O) groups is 1. The average molecular weight is 382 g/mol. The zero-order chi connectivity index (χ0) is 18.2. The Morgan fingerprint density at radius 3 is 3.22 bits per heavy atom. The van der Waals surface area contributed by atoms with Crippen LogP contribution in [0.5, 0.6) is 0 Å². The number of hydrogen-bond acceptors (Lipinski definition) is 5. The van der Waals surface area contributed by atoms with Crippen LogP contribution in [0.1, 0.15) is 47.5 Å². The molecule has 2 atom stereocenters. The summed E-state index contributed by atoms with van der Waals surface area (Å²) in [5.41, 5.74) is 2.20. The van der Waals surface area contributed by atoms with Gasteiger partial charge in [-0.15, -0.1) is 21.5 Å². The van der Waals surface area contributed by atoms with Gasteiger partial charge in [0.1, 0.15) is 11.9 Å². The summed E-state index contributed by atoms with van der Waals surface area (Å²) in [5, 5.41) is 10.8. The highest BCUT2D eigenvalue weighted by Crippen LogP contribution is 2.35. The van der Waals surface area contributed by atoms with Crippen LogP contribution in [0.25, 0.3) is 5.65 Å². The molecule has 0 bridgehead atoms. The molecule has 3 aromatic heterocycles. The van der Waals surface area contributed by atoms with Crippen molar-refractivity contribution < 1.29 is 9.53 Å². The normalized spacial score (nSPS) is 22.7. The Bertz CT molecular complexity index is 966. The van der Waals surface area contributed by atoms with Gasteiger partial charge >= 0.3 is 0 Å². The van der Waals surface area contributed by atoms with Crippen molar-refractivity contribution in [1.29, 1.82) is 0 Å². The minimum Gasteiger partial charge on any atom is -0.372 e. The number of fused-ring (bicyclic) bond motifs is 2. The molecule has 0 aromatic carbocycles. The molecule has 0 N–H and O–H groups in total. The summed E-state index contributed by atoms with van der Waals surface area (Å²) in [7, 11) is 0. The minimum atomic E-state index is -0.0875. The molecule has 140 valence electrons. The number of amides is 1. The van der Waals surface area contributed by atoms with Crippen LogP contribution < -0.4 is 0 Å². The van der Waals surface area contributed by atoms with Crippen molar-refractivity contribution in [2.75, 3.05) is 19.7 Å². The summed E-state index contributed by atoms with van der Waals surface area (Å²) in [6.07, 6.45) is 5.33. The molecule has 0 aliphatic carbocycles. The molecular weight excluding hydrogens is 360 g/mol. The molecule has 5 rings (SSSR count). The van der Waals surface area contributed by atoms with Crippen LogP contribution in [0.4, 0.5) is 0 Å². The lowest BCUT2D eigenvalue weighted by Crippen LogP contribution is -2.40. The molecule has 6 nitrogen and oxygen atoms in total. The van der Waals surface area contributed by atoms with E-state index in [4.69, 9.17) is 4.74 Å². The third kappa shape index (κ3) is 3.15. The van der Waals surface area contributed by atoms with E-state index in [2.05, 4.69) is 21.6 Å². The molecule has 7 heteroatoms. The van der Waals surface area contributed by atoms with E-state index in [1.54, 1.807) is 11.3 Å². The molecule has 3 aromatic rings. The summed E-state index contributed by atoms with van der Waals surface area (Å²) < 4.78 is 7.96. The van der Waals surface area contributed by atoms with Gasteiger partial charge in [-0.2, -0.15) is 0 Å². The van der Waals surface area contributed by atoms with Crippen molar-refractivity contribution in [1.82, 2.24) is 19.5 Å². The third-order valence-electron chi connectivity index (χ3n) is 5.60. The molecule has 2 aliphatic heterocycles. The zero-order valence-electron chi connectivity index (χ0n) is 15.1. The maximum atomic E-state index is 13.0. The van der Waals surface area contributed by atoms with Gasteiger partial charge in [-0.05, 0) is 48.4 Å². The predicted molar refractivity (Wildman–Crippen MR) is 103 cm³/mol. The second-order valence-corrected chi connectivity index (χ2v) is 8.24. The van der Waals surface area contributed by atoms with Crippen LogP contribution in [0.2, 0.25) is 0 Å². The van der Waals surface area contributed by atoms with Gasteiger partial charge in [0.25, 0.3) is 0 Å². The average Bonchev–Trinajstić information content (AvgIpc) is 3.35. The lowest BCUT2D eigenvalue weighted by Gasteiger charge is -2.33. The fraction of sp³-hybridized carbons (Fsp3) is 0.450. The van der Waals surface area contributed by atoms with Crippen molar-refractivity contribution in [2.24, 2.45) is 0 Å². The van der Waals surface area contributed by atoms with Crippen molar-refractivity contribution in [3.8, 4) is 0 Å². The number of ether oxygens (including phenoxy) is 1. The molecule has 27 heavy (non-hydrogen) atoms. The molecule has 0 radical (unpaired) electrons. The Hall–Kier alpha value is -2.25. The van der Waals surface area contributed by atoms with Gasteiger partial charge in [0.05, 0.1) is 13.0 Å². The number of likely N-dealkylation sites (tertiary alicyclic amines) is 1. The number of rotatable bonds is 3. The molecule has 2 aliphatic rings. The van der Waals surface area contributed by atoms with E-state index in [9.17, 15) is 4.79 Å². The number of nitrogens with zero attached hydrogens (tertiary/aromatic N) is 4. The van der Waals surface area contributed by atoms with E-state index >= 15 is 0 Å². The van der Waals surface area contributed by atoms with Gasteiger partial charge in [-0.1, -0.05) is 6.07 Å². The summed E-state index contributed by atoms with van der Waals surface area (Å²) in [4.78, 5) is 16.2. The highest BCUT2D eigenvalue weighted by molar-refractivity contribution is 7.10. The maximum absolute atomic E-state index is 13.0. The summed E-state index contributed by atoms with van der Waals surface area (Å²) >= 11 is 1.70. The smallest absolute Gasteiger partial charge is 0.225 e. The summed E-state index contributed by atoms with van der Waals surface area (Å²) in [5.74, 6) is 1.36. The topological polar surface area (TPSA) is 59.7 Å². The summed E-state index contributed by atoms with van der Waals surface area (Å²) in [6, 6.07) is 8.08. The highest BCUT2D eigenvalue weighted by Gasteiger charge is 2.31. The molecule has 1 amide bonds. The second-order valence-electron chi connectivity index (χ2n) is 7.29. The Labute approximate surface area is 161 Å². The first-order valence-electron chi connectivity index (χ1n) is 9.55. The van der Waals surface area contributed by atoms with Crippen molar-refractivity contribution in [3.63, 3.8) is 0 Å². The van der Waals surface area contributed by atoms with Crippen molar-refractivity contribution >= 4 is 22.9 Å². The van der Waals surface area contributed by atoms with Gasteiger partial charge in [0.2, 0.25) is 5.91 Å². The number of pyridine rings is 1. The predicted octanol–water partition coefficient (Wildman–Crippen LogP) is 3.20. The number of thiophene rings is 1. The Balaban J connectivity index is 1.31. The molecular formula is C20H22N4O2S. The van der Waals surface area contributed by atoms with E-state index in [0.717, 1.165) is 37.3 Å². The number of carbonyl (C=O) groups excluding carboxylic acids is 1. The molecule has 0 spiro atoms. The van der Waals surface area contributed by atoms with Gasteiger partial charge in [0.15, 0.2) is 5.65 Å². The molecule has 0 unspecified atom stereocenters. The first-order chi connectivity index (χ1) is 13.3. The zero-order valence-corrected chi connectivity index (χ0v) is 15.9. The quantitative estimate of drug-likeness (QED) is 0.698. The lowest BCUT2D eigenvalue weighted by atomic mass is 9.96. The monoisotopic (exact) mass is 382 g/mol. The minimum absolute atomic E-state index is 0.0875.